The summed E-state index contributed by atoms with van der Waals surface area (Å²) in [7, 11) is 0. The molecule has 2 aromatic heterocycles. The predicted octanol–water partition coefficient (Wildman–Crippen LogP) is 6.82. The molecule has 3 aromatic carbocycles. The zero-order valence-corrected chi connectivity index (χ0v) is 19.7. The van der Waals surface area contributed by atoms with Gasteiger partial charge in [-0.05, 0) is 35.4 Å². The van der Waals surface area contributed by atoms with Crippen LogP contribution in [0.3, 0.4) is 0 Å². The van der Waals surface area contributed by atoms with Gasteiger partial charge in [-0.1, -0.05) is 72.3 Å². The van der Waals surface area contributed by atoms with E-state index in [2.05, 4.69) is 5.32 Å². The summed E-state index contributed by atoms with van der Waals surface area (Å²) in [6, 6.07) is 25.9. The third-order valence-corrected chi connectivity index (χ3v) is 6.94. The second-order valence-electron chi connectivity index (χ2n) is 7.77. The SMILES string of the molecule is Nc1c(C(=O)Nc2ccc(Cl)c(C(=O)O)c2)sc2nc(-c3ccccc3)cc(-c3ccccc3)c12. The molecule has 35 heavy (non-hydrogen) atoms. The van der Waals surface area contributed by atoms with E-state index in [0.29, 0.717) is 26.5 Å². The van der Waals surface area contributed by atoms with E-state index in [1.54, 1.807) is 0 Å². The molecule has 4 N–H and O–H groups in total. The molecule has 0 aliphatic carbocycles. The molecule has 0 saturated heterocycles. The number of pyridine rings is 1. The van der Waals surface area contributed by atoms with Crippen LogP contribution in [-0.4, -0.2) is 22.0 Å². The third-order valence-electron chi connectivity index (χ3n) is 5.51. The molecule has 0 radical (unpaired) electrons. The molecule has 0 fully saturated rings. The van der Waals surface area contributed by atoms with Crippen molar-refractivity contribution < 1.29 is 14.7 Å². The van der Waals surface area contributed by atoms with Gasteiger partial charge < -0.3 is 16.2 Å². The maximum atomic E-state index is 13.2. The smallest absolute Gasteiger partial charge is 0.337 e. The Morgan fingerprint density at radius 2 is 1.57 bits per heavy atom. The average Bonchev–Trinajstić information content (AvgIpc) is 3.22. The highest BCUT2D eigenvalue weighted by molar-refractivity contribution is 7.21. The van der Waals surface area contributed by atoms with Crippen molar-refractivity contribution in [3.63, 3.8) is 0 Å². The second-order valence-corrected chi connectivity index (χ2v) is 9.17. The van der Waals surface area contributed by atoms with E-state index < -0.39 is 11.9 Å². The number of hydrogen-bond donors (Lipinski definition) is 3. The normalized spacial score (nSPS) is 10.9. The lowest BCUT2D eigenvalue weighted by atomic mass is 9.99. The van der Waals surface area contributed by atoms with Crippen molar-refractivity contribution in [1.82, 2.24) is 4.98 Å². The van der Waals surface area contributed by atoms with Gasteiger partial charge in [0, 0.05) is 16.6 Å². The van der Waals surface area contributed by atoms with Gasteiger partial charge in [-0.25, -0.2) is 9.78 Å². The Hall–Kier alpha value is -4.20. The zero-order valence-electron chi connectivity index (χ0n) is 18.2. The van der Waals surface area contributed by atoms with Gasteiger partial charge in [-0.15, -0.1) is 11.3 Å². The molecular weight excluding hydrogens is 482 g/mol. The zero-order chi connectivity index (χ0) is 24.5. The van der Waals surface area contributed by atoms with E-state index in [0.717, 1.165) is 22.4 Å². The van der Waals surface area contributed by atoms with Crippen LogP contribution < -0.4 is 11.1 Å². The molecule has 2 heterocycles. The van der Waals surface area contributed by atoms with Gasteiger partial charge >= 0.3 is 5.97 Å². The van der Waals surface area contributed by atoms with E-state index in [9.17, 15) is 14.7 Å². The lowest BCUT2D eigenvalue weighted by molar-refractivity contribution is 0.0696. The van der Waals surface area contributed by atoms with Crippen LogP contribution in [0.5, 0.6) is 0 Å². The summed E-state index contributed by atoms with van der Waals surface area (Å²) in [4.78, 5) is 30.3. The monoisotopic (exact) mass is 499 g/mol. The van der Waals surface area contributed by atoms with E-state index >= 15 is 0 Å². The van der Waals surface area contributed by atoms with E-state index in [-0.39, 0.29) is 10.6 Å². The first-order chi connectivity index (χ1) is 16.9. The fourth-order valence-corrected chi connectivity index (χ4v) is 5.06. The molecule has 0 atom stereocenters. The Morgan fingerprint density at radius 1 is 0.914 bits per heavy atom. The van der Waals surface area contributed by atoms with Crippen molar-refractivity contribution >= 4 is 56.4 Å². The van der Waals surface area contributed by atoms with Crippen molar-refractivity contribution in [2.24, 2.45) is 0 Å². The van der Waals surface area contributed by atoms with Crippen molar-refractivity contribution in [2.45, 2.75) is 0 Å². The summed E-state index contributed by atoms with van der Waals surface area (Å²) >= 11 is 7.14. The van der Waals surface area contributed by atoms with Gasteiger partial charge in [0.2, 0.25) is 0 Å². The minimum Gasteiger partial charge on any atom is -0.478 e. The Bertz CT molecular complexity index is 1580. The number of anilines is 2. The number of nitrogens with zero attached hydrogens (tertiary/aromatic N) is 1. The van der Waals surface area contributed by atoms with Gasteiger partial charge in [-0.2, -0.15) is 0 Å². The molecular formula is C27H18ClN3O3S. The summed E-state index contributed by atoms with van der Waals surface area (Å²) in [5.74, 6) is -1.64. The highest BCUT2D eigenvalue weighted by atomic mass is 35.5. The van der Waals surface area contributed by atoms with Crippen LogP contribution >= 0.6 is 22.9 Å². The molecule has 5 rings (SSSR count). The number of halogens is 1. The van der Waals surface area contributed by atoms with Crippen LogP contribution in [0.4, 0.5) is 11.4 Å². The summed E-state index contributed by atoms with van der Waals surface area (Å²) in [6.07, 6.45) is 0. The molecule has 0 aliphatic heterocycles. The number of rotatable bonds is 5. The molecule has 8 heteroatoms. The Kier molecular flexibility index (Phi) is 5.94. The molecule has 0 bridgehead atoms. The minimum absolute atomic E-state index is 0.0852. The number of nitrogen functional groups attached to an aromatic ring is 1. The summed E-state index contributed by atoms with van der Waals surface area (Å²) in [5.41, 5.74) is 10.6. The van der Waals surface area contributed by atoms with Gasteiger partial charge in [0.1, 0.15) is 9.71 Å². The van der Waals surface area contributed by atoms with Gasteiger partial charge in [-0.3, -0.25) is 4.79 Å². The largest absolute Gasteiger partial charge is 0.478 e. The molecule has 0 unspecified atom stereocenters. The molecule has 172 valence electrons. The topological polar surface area (TPSA) is 105 Å². The Balaban J connectivity index is 1.63. The molecule has 6 nitrogen and oxygen atoms in total. The van der Waals surface area contributed by atoms with Crippen molar-refractivity contribution in [3.05, 3.63) is 100 Å². The first-order valence-electron chi connectivity index (χ1n) is 10.6. The van der Waals surface area contributed by atoms with Crippen LogP contribution in [0.1, 0.15) is 20.0 Å². The maximum absolute atomic E-state index is 13.2. The summed E-state index contributed by atoms with van der Waals surface area (Å²) < 4.78 is 0. The number of carbonyl (C=O) groups is 2. The third kappa shape index (κ3) is 4.35. The molecule has 0 aliphatic rings. The number of benzene rings is 3. The van der Waals surface area contributed by atoms with E-state index in [1.165, 1.54) is 29.5 Å². The summed E-state index contributed by atoms with van der Waals surface area (Å²) in [6.45, 7) is 0. The number of nitrogens with one attached hydrogen (secondary N) is 1. The number of aromatic nitrogens is 1. The number of amides is 1. The van der Waals surface area contributed by atoms with Crippen molar-refractivity contribution in [2.75, 3.05) is 11.1 Å². The van der Waals surface area contributed by atoms with Gasteiger partial charge in [0.25, 0.3) is 5.91 Å². The molecule has 0 spiro atoms. The summed E-state index contributed by atoms with van der Waals surface area (Å²) in [5, 5.41) is 12.8. The van der Waals surface area contributed by atoms with Crippen molar-refractivity contribution in [1.29, 1.82) is 0 Å². The second kappa shape index (κ2) is 9.21. The quantitative estimate of drug-likeness (QED) is 0.246. The Labute approximate surface area is 209 Å². The predicted molar refractivity (Wildman–Crippen MR) is 141 cm³/mol. The lowest BCUT2D eigenvalue weighted by Crippen LogP contribution is -2.12. The van der Waals surface area contributed by atoms with Crippen LogP contribution in [0.15, 0.2) is 84.9 Å². The first kappa shape index (κ1) is 22.6. The number of hydrogen-bond acceptors (Lipinski definition) is 5. The molecule has 5 aromatic rings. The van der Waals surface area contributed by atoms with Crippen LogP contribution in [0, 0.1) is 0 Å². The van der Waals surface area contributed by atoms with Gasteiger partial charge in [0.15, 0.2) is 0 Å². The highest BCUT2D eigenvalue weighted by Crippen LogP contribution is 2.41. The number of carboxylic acid groups (broad SMARTS) is 1. The standard InChI is InChI=1S/C27H18ClN3O3S/c28-20-12-11-17(13-19(20)27(33)34)30-25(32)24-23(29)22-18(15-7-3-1-4-8-15)14-21(31-26(22)35-24)16-9-5-2-6-10-16/h1-14H,29H2,(H,30,32)(H,33,34). The van der Waals surface area contributed by atoms with Crippen molar-refractivity contribution in [3.8, 4) is 22.4 Å². The first-order valence-corrected chi connectivity index (χ1v) is 11.8. The number of carbonyl (C=O) groups excluding carboxylic acids is 1. The fourth-order valence-electron chi connectivity index (χ4n) is 3.85. The number of aromatic carboxylic acids is 1. The Morgan fingerprint density at radius 3 is 2.23 bits per heavy atom. The number of thiophene rings is 1. The molecule has 0 saturated carbocycles. The lowest BCUT2D eigenvalue weighted by Gasteiger charge is -2.09. The highest BCUT2D eigenvalue weighted by Gasteiger charge is 2.22. The fraction of sp³-hybridized carbons (Fsp3) is 0. The number of fused-ring (bicyclic) bond motifs is 1. The van der Waals surface area contributed by atoms with Crippen LogP contribution in [-0.2, 0) is 0 Å². The van der Waals surface area contributed by atoms with Crippen LogP contribution in [0.2, 0.25) is 5.02 Å². The number of nitrogens with two attached hydrogens (primary N) is 1. The van der Waals surface area contributed by atoms with Gasteiger partial charge in [0.05, 0.1) is 22.0 Å². The minimum atomic E-state index is -1.18. The van der Waals surface area contributed by atoms with E-state index in [4.69, 9.17) is 22.3 Å². The number of carboxylic acids is 1. The van der Waals surface area contributed by atoms with Crippen LogP contribution in [0.25, 0.3) is 32.6 Å². The average molecular weight is 500 g/mol. The van der Waals surface area contributed by atoms with E-state index in [1.807, 2.05) is 66.7 Å². The molecule has 1 amide bonds. The maximum Gasteiger partial charge on any atom is 0.337 e.